The Bertz CT molecular complexity index is 1540. The number of anilines is 1. The molecule has 1 heterocycles. The highest BCUT2D eigenvalue weighted by Gasteiger charge is 2.36. The average molecular weight is 707 g/mol. The molecule has 2 aliphatic rings. The second-order valence-electron chi connectivity index (χ2n) is 13.0. The lowest BCUT2D eigenvalue weighted by Crippen LogP contribution is -2.46. The first-order valence-corrected chi connectivity index (χ1v) is 18.1. The summed E-state index contributed by atoms with van der Waals surface area (Å²) in [5.74, 6) is 1.34. The van der Waals surface area contributed by atoms with Gasteiger partial charge in [0.1, 0.15) is 0 Å². The number of carbonyl (C=O) groups excluding carboxylic acids is 3. The first kappa shape index (κ1) is 40.4. The zero-order valence-corrected chi connectivity index (χ0v) is 31.5. The molecule has 3 amide bonds. The Morgan fingerprint density at radius 2 is 1.50 bits per heavy atom. The second kappa shape index (κ2) is 19.3. The normalized spacial score (nSPS) is 18.3. The highest BCUT2D eigenvalue weighted by molar-refractivity contribution is 6.30. The minimum atomic E-state index is -0.399. The third-order valence-corrected chi connectivity index (χ3v) is 9.33. The fourth-order valence-electron chi connectivity index (χ4n) is 6.67. The van der Waals surface area contributed by atoms with Gasteiger partial charge in [-0.05, 0) is 105 Å². The SMILES string of the molecule is CC.CCC1CCC(N(CC(N)=O)CC(N)=O)CC1.COc1cc2c(cc1OC(C)C)[C@H](c1ccc(Cl)cc1)N(c1ccc(C)cc1)C(=O)C2. The van der Waals surface area contributed by atoms with Crippen LogP contribution in [0.2, 0.25) is 5.02 Å². The molecule has 0 aromatic heterocycles. The van der Waals surface area contributed by atoms with Crippen LogP contribution in [0, 0.1) is 12.8 Å². The molecule has 9 nitrogen and oxygen atoms in total. The summed E-state index contributed by atoms with van der Waals surface area (Å²) in [5, 5.41) is 0.659. The summed E-state index contributed by atoms with van der Waals surface area (Å²) in [4.78, 5) is 39.1. The van der Waals surface area contributed by atoms with Gasteiger partial charge in [-0.1, -0.05) is 68.6 Å². The van der Waals surface area contributed by atoms with Crippen molar-refractivity contribution in [3.63, 3.8) is 0 Å². The molecule has 10 heteroatoms. The molecule has 4 N–H and O–H groups in total. The number of aryl methyl sites for hydroxylation is 1. The molecule has 0 unspecified atom stereocenters. The van der Waals surface area contributed by atoms with Crippen molar-refractivity contribution < 1.29 is 23.9 Å². The molecule has 5 rings (SSSR count). The minimum Gasteiger partial charge on any atom is -0.493 e. The van der Waals surface area contributed by atoms with Crippen molar-refractivity contribution in [3.05, 3.63) is 87.9 Å². The smallest absolute Gasteiger partial charge is 0.232 e. The number of halogens is 1. The van der Waals surface area contributed by atoms with Gasteiger partial charge in [0.05, 0.1) is 38.8 Å². The summed E-state index contributed by atoms with van der Waals surface area (Å²) in [6.45, 7) is 12.5. The van der Waals surface area contributed by atoms with Crippen LogP contribution in [-0.2, 0) is 20.8 Å². The Morgan fingerprint density at radius 1 is 0.920 bits per heavy atom. The molecule has 3 aromatic rings. The van der Waals surface area contributed by atoms with Gasteiger partial charge in [-0.25, -0.2) is 0 Å². The maximum Gasteiger partial charge on any atom is 0.232 e. The molecule has 1 aliphatic carbocycles. The molecule has 272 valence electrons. The van der Waals surface area contributed by atoms with Gasteiger partial charge in [0, 0.05) is 16.8 Å². The molecular weight excluding hydrogens is 652 g/mol. The van der Waals surface area contributed by atoms with E-state index in [2.05, 4.69) is 6.92 Å². The van der Waals surface area contributed by atoms with Gasteiger partial charge in [0.15, 0.2) is 11.5 Å². The van der Waals surface area contributed by atoms with Crippen molar-refractivity contribution in [1.82, 2.24) is 4.90 Å². The van der Waals surface area contributed by atoms with E-state index in [1.54, 1.807) is 7.11 Å². The molecule has 0 bridgehead atoms. The molecule has 1 fully saturated rings. The van der Waals surface area contributed by atoms with E-state index >= 15 is 0 Å². The molecule has 1 saturated carbocycles. The lowest BCUT2D eigenvalue weighted by molar-refractivity contribution is -0.123. The molecular formula is C40H55ClN4O5. The Balaban J connectivity index is 0.000000302. The van der Waals surface area contributed by atoms with Gasteiger partial charge in [-0.2, -0.15) is 0 Å². The number of hydrogen-bond donors (Lipinski definition) is 2. The molecule has 0 radical (unpaired) electrons. The Labute approximate surface area is 303 Å². The number of methoxy groups -OCH3 is 1. The summed E-state index contributed by atoms with van der Waals surface area (Å²) in [5.41, 5.74) is 15.4. The fraction of sp³-hybridized carbons (Fsp3) is 0.475. The number of primary amides is 2. The molecule has 1 aliphatic heterocycles. The first-order valence-electron chi connectivity index (χ1n) is 17.7. The summed E-state index contributed by atoms with van der Waals surface area (Å²) < 4.78 is 11.6. The number of rotatable bonds is 11. The molecule has 3 aromatic carbocycles. The number of nitrogens with zero attached hydrogens (tertiary/aromatic N) is 2. The maximum absolute atomic E-state index is 13.4. The van der Waals surface area contributed by atoms with E-state index in [1.165, 1.54) is 6.42 Å². The molecule has 0 saturated heterocycles. The molecule has 1 atom stereocenters. The first-order chi connectivity index (χ1) is 23.9. The van der Waals surface area contributed by atoms with Crippen molar-refractivity contribution in [1.29, 1.82) is 0 Å². The summed E-state index contributed by atoms with van der Waals surface area (Å²) in [7, 11) is 1.62. The van der Waals surface area contributed by atoms with Crippen LogP contribution in [0.5, 0.6) is 11.5 Å². The Hall–Kier alpha value is -4.08. The van der Waals surface area contributed by atoms with Crippen LogP contribution >= 0.6 is 11.6 Å². The van der Waals surface area contributed by atoms with Crippen LogP contribution in [0.3, 0.4) is 0 Å². The largest absolute Gasteiger partial charge is 0.493 e. The number of hydrogen-bond acceptors (Lipinski definition) is 6. The summed E-state index contributed by atoms with van der Waals surface area (Å²) in [6.07, 6.45) is 5.88. The topological polar surface area (TPSA) is 128 Å². The Morgan fingerprint density at radius 3 is 2.00 bits per heavy atom. The number of fused-ring (bicyclic) bond motifs is 1. The van der Waals surface area contributed by atoms with Gasteiger partial charge in [-0.15, -0.1) is 0 Å². The monoisotopic (exact) mass is 706 g/mol. The zero-order valence-electron chi connectivity index (χ0n) is 30.7. The average Bonchev–Trinajstić information content (AvgIpc) is 3.09. The van der Waals surface area contributed by atoms with Crippen LogP contribution < -0.4 is 25.8 Å². The summed E-state index contributed by atoms with van der Waals surface area (Å²) in [6, 6.07) is 19.6. The predicted molar refractivity (Wildman–Crippen MR) is 202 cm³/mol. The van der Waals surface area contributed by atoms with Crippen LogP contribution in [0.1, 0.15) is 95.0 Å². The highest BCUT2D eigenvalue weighted by atomic mass is 35.5. The van der Waals surface area contributed by atoms with Crippen LogP contribution in [-0.4, -0.2) is 55.0 Å². The molecule has 0 spiro atoms. The summed E-state index contributed by atoms with van der Waals surface area (Å²) >= 11 is 6.16. The minimum absolute atomic E-state index is 0.000596. The Kier molecular flexibility index (Phi) is 15.6. The van der Waals surface area contributed by atoms with E-state index in [0.29, 0.717) is 22.9 Å². The van der Waals surface area contributed by atoms with E-state index < -0.39 is 11.8 Å². The van der Waals surface area contributed by atoms with Crippen molar-refractivity contribution >= 4 is 35.0 Å². The van der Waals surface area contributed by atoms with Crippen LogP contribution in [0.15, 0.2) is 60.7 Å². The van der Waals surface area contributed by atoms with Crippen molar-refractivity contribution in [3.8, 4) is 11.5 Å². The lowest BCUT2D eigenvalue weighted by Gasteiger charge is -2.38. The number of ether oxygens (including phenoxy) is 2. The zero-order chi connectivity index (χ0) is 37.0. The highest BCUT2D eigenvalue weighted by Crippen LogP contribution is 2.43. The van der Waals surface area contributed by atoms with Gasteiger partial charge in [-0.3, -0.25) is 19.3 Å². The van der Waals surface area contributed by atoms with Crippen molar-refractivity contribution in [2.75, 3.05) is 25.1 Å². The lowest BCUT2D eigenvalue weighted by atomic mass is 9.84. The van der Waals surface area contributed by atoms with Gasteiger partial charge in [0.25, 0.3) is 0 Å². The van der Waals surface area contributed by atoms with Crippen LogP contribution in [0.25, 0.3) is 0 Å². The van der Waals surface area contributed by atoms with E-state index in [0.717, 1.165) is 59.5 Å². The van der Waals surface area contributed by atoms with Crippen molar-refractivity contribution in [2.24, 2.45) is 17.4 Å². The number of amides is 3. The standard InChI is InChI=1S/C26H26ClNO3.C12H23N3O2.C2H6/c1-16(2)31-24-15-22-19(13-23(24)30-4)14-25(29)28(21-11-5-17(3)6-12-21)26(22)18-7-9-20(27)10-8-18;1-2-9-3-5-10(6-4-9)15(7-11(13)16)8-12(14)17;1-2/h5-13,15-16,26H,14H2,1-4H3;9-10H,2-8H2,1H3,(H2,13,16)(H2,14,17);1-2H3/t26-;;/m0../s1. The maximum atomic E-state index is 13.4. The third kappa shape index (κ3) is 11.0. The van der Waals surface area contributed by atoms with Crippen molar-refractivity contribution in [2.45, 2.75) is 98.3 Å². The van der Waals surface area contributed by atoms with Gasteiger partial charge in [0.2, 0.25) is 17.7 Å². The third-order valence-electron chi connectivity index (χ3n) is 9.08. The predicted octanol–water partition coefficient (Wildman–Crippen LogP) is 7.38. The van der Waals surface area contributed by atoms with Gasteiger partial charge >= 0.3 is 0 Å². The second-order valence-corrected chi connectivity index (χ2v) is 13.5. The molecule has 50 heavy (non-hydrogen) atoms. The van der Waals surface area contributed by atoms with Crippen LogP contribution in [0.4, 0.5) is 5.69 Å². The van der Waals surface area contributed by atoms with E-state index in [-0.39, 0.29) is 37.2 Å². The van der Waals surface area contributed by atoms with E-state index in [4.69, 9.17) is 32.5 Å². The van der Waals surface area contributed by atoms with E-state index in [1.807, 2.05) is 105 Å². The number of carbonyl (C=O) groups is 3. The number of nitrogens with two attached hydrogens (primary N) is 2. The number of benzene rings is 3. The quantitative estimate of drug-likeness (QED) is 0.214. The fourth-order valence-corrected chi connectivity index (χ4v) is 6.79. The van der Waals surface area contributed by atoms with Gasteiger partial charge < -0.3 is 25.8 Å². The van der Waals surface area contributed by atoms with E-state index in [9.17, 15) is 14.4 Å².